The first-order valence-corrected chi connectivity index (χ1v) is 8.69. The topological polar surface area (TPSA) is 119 Å². The Labute approximate surface area is 160 Å². The molecule has 28 heavy (non-hydrogen) atoms. The number of rotatable bonds is 5. The number of ether oxygens (including phenoxy) is 1. The molecule has 1 atom stereocenters. The van der Waals surface area contributed by atoms with E-state index in [0.29, 0.717) is 17.3 Å². The maximum Gasteiger partial charge on any atom is 0.273 e. The first-order chi connectivity index (χ1) is 13.5. The van der Waals surface area contributed by atoms with Crippen molar-refractivity contribution in [1.29, 1.82) is 0 Å². The van der Waals surface area contributed by atoms with Gasteiger partial charge >= 0.3 is 0 Å². The van der Waals surface area contributed by atoms with Crippen LogP contribution in [0.1, 0.15) is 29.0 Å². The molecule has 0 aliphatic rings. The fourth-order valence-corrected chi connectivity index (χ4v) is 2.94. The van der Waals surface area contributed by atoms with Crippen LogP contribution in [-0.2, 0) is 0 Å². The SMILES string of the molecule is COc1cccc(C(C)NC(=O)c2coc(-c3ccc4[nH]nc(N)c4c3)n2)c1. The summed E-state index contributed by atoms with van der Waals surface area (Å²) < 4.78 is 10.7. The number of nitrogen functional groups attached to an aromatic ring is 1. The number of nitrogens with zero attached hydrogens (tertiary/aromatic N) is 2. The highest BCUT2D eigenvalue weighted by molar-refractivity contribution is 5.94. The molecule has 0 aliphatic heterocycles. The molecule has 142 valence electrons. The molecule has 4 rings (SSSR count). The molecule has 4 N–H and O–H groups in total. The number of hydrogen-bond acceptors (Lipinski definition) is 6. The van der Waals surface area contributed by atoms with Gasteiger partial charge in [-0.2, -0.15) is 5.10 Å². The van der Waals surface area contributed by atoms with Crippen LogP contribution in [0.25, 0.3) is 22.4 Å². The van der Waals surface area contributed by atoms with Gasteiger partial charge in [0.15, 0.2) is 11.5 Å². The molecule has 0 spiro atoms. The molecular formula is C20H19N5O3. The smallest absolute Gasteiger partial charge is 0.273 e. The Balaban J connectivity index is 1.52. The molecule has 1 amide bonds. The van der Waals surface area contributed by atoms with Crippen LogP contribution in [-0.4, -0.2) is 28.2 Å². The van der Waals surface area contributed by atoms with Crippen LogP contribution in [0.2, 0.25) is 0 Å². The van der Waals surface area contributed by atoms with Gasteiger partial charge in [0.1, 0.15) is 12.0 Å². The number of benzene rings is 2. The molecule has 0 fully saturated rings. The monoisotopic (exact) mass is 377 g/mol. The van der Waals surface area contributed by atoms with Crippen molar-refractivity contribution in [2.45, 2.75) is 13.0 Å². The van der Waals surface area contributed by atoms with Gasteiger partial charge in [-0.25, -0.2) is 4.98 Å². The predicted molar refractivity (Wildman–Crippen MR) is 105 cm³/mol. The van der Waals surface area contributed by atoms with Gasteiger partial charge in [0, 0.05) is 10.9 Å². The molecule has 1 unspecified atom stereocenters. The normalized spacial score (nSPS) is 12.1. The number of carbonyl (C=O) groups is 1. The zero-order valence-electron chi connectivity index (χ0n) is 15.4. The third kappa shape index (κ3) is 3.27. The Bertz CT molecular complexity index is 1150. The van der Waals surface area contributed by atoms with Crippen molar-refractivity contribution in [2.75, 3.05) is 12.8 Å². The first-order valence-electron chi connectivity index (χ1n) is 8.69. The van der Waals surface area contributed by atoms with E-state index in [0.717, 1.165) is 22.2 Å². The summed E-state index contributed by atoms with van der Waals surface area (Å²) in [4.78, 5) is 16.9. The predicted octanol–water partition coefficient (Wildman–Crippen LogP) is 3.30. The second-order valence-electron chi connectivity index (χ2n) is 6.38. The molecule has 2 aromatic heterocycles. The fraction of sp³-hybridized carbons (Fsp3) is 0.150. The van der Waals surface area contributed by atoms with Gasteiger partial charge in [-0.05, 0) is 42.8 Å². The molecule has 0 aliphatic carbocycles. The van der Waals surface area contributed by atoms with Crippen molar-refractivity contribution < 1.29 is 13.9 Å². The average Bonchev–Trinajstić information content (AvgIpc) is 3.35. The second-order valence-corrected chi connectivity index (χ2v) is 6.38. The van der Waals surface area contributed by atoms with Gasteiger partial charge in [0.05, 0.1) is 18.7 Å². The van der Waals surface area contributed by atoms with Crippen LogP contribution >= 0.6 is 0 Å². The molecule has 0 bridgehead atoms. The molecule has 2 heterocycles. The van der Waals surface area contributed by atoms with E-state index in [1.807, 2.05) is 49.4 Å². The number of aromatic amines is 1. The maximum absolute atomic E-state index is 12.6. The van der Waals surface area contributed by atoms with Crippen LogP contribution in [0.4, 0.5) is 5.82 Å². The Morgan fingerprint density at radius 1 is 1.29 bits per heavy atom. The Kier molecular flexibility index (Phi) is 4.44. The molecule has 8 heteroatoms. The summed E-state index contributed by atoms with van der Waals surface area (Å²) in [7, 11) is 1.60. The number of oxazole rings is 1. The van der Waals surface area contributed by atoms with E-state index >= 15 is 0 Å². The van der Waals surface area contributed by atoms with Gasteiger partial charge < -0.3 is 20.2 Å². The number of amides is 1. The van der Waals surface area contributed by atoms with E-state index in [1.165, 1.54) is 6.26 Å². The number of nitrogens with one attached hydrogen (secondary N) is 2. The Morgan fingerprint density at radius 2 is 2.14 bits per heavy atom. The summed E-state index contributed by atoms with van der Waals surface area (Å²) in [6, 6.07) is 12.8. The van der Waals surface area contributed by atoms with Crippen LogP contribution in [0.3, 0.4) is 0 Å². The molecule has 2 aromatic carbocycles. The summed E-state index contributed by atoms with van der Waals surface area (Å²) in [5.41, 5.74) is 8.49. The third-order valence-corrected chi connectivity index (χ3v) is 4.52. The highest BCUT2D eigenvalue weighted by Crippen LogP contribution is 2.26. The van der Waals surface area contributed by atoms with E-state index in [2.05, 4.69) is 20.5 Å². The highest BCUT2D eigenvalue weighted by atomic mass is 16.5. The molecule has 0 radical (unpaired) electrons. The van der Waals surface area contributed by atoms with Gasteiger partial charge in [-0.1, -0.05) is 12.1 Å². The van der Waals surface area contributed by atoms with Crippen molar-refractivity contribution in [3.05, 3.63) is 60.0 Å². The minimum absolute atomic E-state index is 0.199. The lowest BCUT2D eigenvalue weighted by atomic mass is 10.1. The Morgan fingerprint density at radius 3 is 2.96 bits per heavy atom. The van der Waals surface area contributed by atoms with E-state index < -0.39 is 0 Å². The van der Waals surface area contributed by atoms with Crippen molar-refractivity contribution in [3.8, 4) is 17.2 Å². The number of aromatic nitrogens is 3. The molecule has 4 aromatic rings. The highest BCUT2D eigenvalue weighted by Gasteiger charge is 2.17. The quantitative estimate of drug-likeness (QED) is 0.491. The van der Waals surface area contributed by atoms with E-state index in [9.17, 15) is 4.79 Å². The summed E-state index contributed by atoms with van der Waals surface area (Å²) in [5, 5.41) is 10.5. The summed E-state index contributed by atoms with van der Waals surface area (Å²) >= 11 is 0. The lowest BCUT2D eigenvalue weighted by Crippen LogP contribution is -2.26. The molecule has 0 saturated carbocycles. The van der Waals surface area contributed by atoms with Gasteiger partial charge in [0.25, 0.3) is 5.91 Å². The maximum atomic E-state index is 12.6. The van der Waals surface area contributed by atoms with E-state index in [-0.39, 0.29) is 17.6 Å². The minimum atomic E-state index is -0.325. The van der Waals surface area contributed by atoms with Gasteiger partial charge in [0.2, 0.25) is 5.89 Å². The number of anilines is 1. The second kappa shape index (κ2) is 7.07. The van der Waals surface area contributed by atoms with Crippen LogP contribution in [0.15, 0.2) is 53.1 Å². The zero-order chi connectivity index (χ0) is 19.7. The number of carbonyl (C=O) groups excluding carboxylic acids is 1. The number of methoxy groups -OCH3 is 1. The van der Waals surface area contributed by atoms with Crippen molar-refractivity contribution in [2.24, 2.45) is 0 Å². The Hall–Kier alpha value is -3.81. The number of hydrogen-bond donors (Lipinski definition) is 3. The number of nitrogens with two attached hydrogens (primary N) is 1. The van der Waals surface area contributed by atoms with Gasteiger partial charge in [-0.3, -0.25) is 9.89 Å². The first kappa shape index (κ1) is 17.6. The lowest BCUT2D eigenvalue weighted by molar-refractivity contribution is 0.0935. The summed E-state index contributed by atoms with van der Waals surface area (Å²) in [6.07, 6.45) is 1.34. The third-order valence-electron chi connectivity index (χ3n) is 4.52. The van der Waals surface area contributed by atoms with Crippen LogP contribution in [0, 0.1) is 0 Å². The van der Waals surface area contributed by atoms with Crippen molar-refractivity contribution in [1.82, 2.24) is 20.5 Å². The fourth-order valence-electron chi connectivity index (χ4n) is 2.94. The summed E-state index contributed by atoms with van der Waals surface area (Å²) in [6.45, 7) is 1.89. The number of H-pyrrole nitrogens is 1. The lowest BCUT2D eigenvalue weighted by Gasteiger charge is -2.14. The van der Waals surface area contributed by atoms with Crippen LogP contribution < -0.4 is 15.8 Å². The average molecular weight is 377 g/mol. The zero-order valence-corrected chi connectivity index (χ0v) is 15.4. The van der Waals surface area contributed by atoms with Crippen LogP contribution in [0.5, 0.6) is 5.75 Å². The van der Waals surface area contributed by atoms with E-state index in [4.69, 9.17) is 14.9 Å². The largest absolute Gasteiger partial charge is 0.497 e. The minimum Gasteiger partial charge on any atom is -0.497 e. The van der Waals surface area contributed by atoms with Gasteiger partial charge in [-0.15, -0.1) is 0 Å². The number of fused-ring (bicyclic) bond motifs is 1. The molecule has 8 nitrogen and oxygen atoms in total. The molecular weight excluding hydrogens is 358 g/mol. The molecule has 0 saturated heterocycles. The standard InChI is InChI=1S/C20H19N5O3/c1-11(12-4-3-5-14(8-12)27-2)22-19(26)17-10-28-20(23-17)13-6-7-16-15(9-13)18(21)25-24-16/h3-11H,1-2H3,(H,22,26)(H3,21,24,25). The summed E-state index contributed by atoms with van der Waals surface area (Å²) in [5.74, 6) is 1.14. The van der Waals surface area contributed by atoms with E-state index in [1.54, 1.807) is 7.11 Å². The van der Waals surface area contributed by atoms with Crippen molar-refractivity contribution >= 4 is 22.6 Å². The van der Waals surface area contributed by atoms with Crippen molar-refractivity contribution in [3.63, 3.8) is 0 Å².